The summed E-state index contributed by atoms with van der Waals surface area (Å²) in [5.41, 5.74) is 2.21. The molecule has 0 unspecified atom stereocenters. The third kappa shape index (κ3) is 3.40. The molecule has 0 saturated heterocycles. The molecule has 0 heterocycles. The molecule has 6 rings (SSSR count). The van der Waals surface area contributed by atoms with E-state index in [1.165, 1.54) is 51.4 Å². The van der Waals surface area contributed by atoms with E-state index in [1.54, 1.807) is 0 Å². The predicted octanol–water partition coefficient (Wildman–Crippen LogP) is 4.98. The molecule has 6 aliphatic carbocycles. The summed E-state index contributed by atoms with van der Waals surface area (Å²) >= 11 is 0. The van der Waals surface area contributed by atoms with Crippen LogP contribution < -0.4 is 0 Å². The maximum atomic E-state index is 10.8. The Hall–Kier alpha value is -1.46. The minimum Gasteiger partial charge on any atom is -0.258 e. The molecule has 6 nitrogen and oxygen atoms in total. The Bertz CT molecular complexity index is 592. The monoisotopic (exact) mass is 374 g/mol. The molecular formula is C21H30N2O4. The van der Waals surface area contributed by atoms with E-state index in [2.05, 4.69) is 0 Å². The zero-order valence-corrected chi connectivity index (χ0v) is 16.0. The Kier molecular flexibility index (Phi) is 4.10. The Morgan fingerprint density at radius 3 is 0.963 bits per heavy atom. The van der Waals surface area contributed by atoms with E-state index in [0.717, 1.165) is 23.7 Å². The molecule has 0 bridgehead atoms. The van der Waals surface area contributed by atoms with Gasteiger partial charge in [0.15, 0.2) is 0 Å². The van der Waals surface area contributed by atoms with Gasteiger partial charge < -0.3 is 0 Å². The van der Waals surface area contributed by atoms with Gasteiger partial charge in [-0.1, -0.05) is 11.1 Å². The maximum absolute atomic E-state index is 10.8. The summed E-state index contributed by atoms with van der Waals surface area (Å²) in [6.07, 6.45) is 14.8. The number of hydrogen-bond donors (Lipinski definition) is 0. The number of allylic oxidation sites excluding steroid dienone is 2. The van der Waals surface area contributed by atoms with E-state index >= 15 is 0 Å². The van der Waals surface area contributed by atoms with Gasteiger partial charge in [0.2, 0.25) is 0 Å². The van der Waals surface area contributed by atoms with E-state index in [1.807, 2.05) is 11.1 Å². The van der Waals surface area contributed by atoms with Crippen LogP contribution >= 0.6 is 0 Å². The molecule has 0 amide bonds. The molecule has 0 aromatic heterocycles. The lowest BCUT2D eigenvalue weighted by molar-refractivity contribution is -0.807. The van der Waals surface area contributed by atoms with Gasteiger partial charge in [-0.15, -0.1) is 0 Å². The van der Waals surface area contributed by atoms with Gasteiger partial charge in [0.05, 0.1) is 9.85 Å². The highest BCUT2D eigenvalue weighted by atomic mass is 16.7. The molecular weight excluding hydrogens is 344 g/mol. The van der Waals surface area contributed by atoms with Crippen molar-refractivity contribution >= 4 is 0 Å². The van der Waals surface area contributed by atoms with Crippen molar-refractivity contribution in [3.05, 3.63) is 31.4 Å². The summed E-state index contributed by atoms with van der Waals surface area (Å²) in [6, 6.07) is 0. The van der Waals surface area contributed by atoms with E-state index in [0.29, 0.717) is 25.7 Å². The lowest BCUT2D eigenvalue weighted by Crippen LogP contribution is -2.50. The van der Waals surface area contributed by atoms with Gasteiger partial charge in [-0.2, -0.15) is 0 Å². The van der Waals surface area contributed by atoms with Crippen LogP contribution in [0, 0.1) is 55.7 Å². The summed E-state index contributed by atoms with van der Waals surface area (Å²) in [6.45, 7) is 0. The number of nitro groups is 2. The van der Waals surface area contributed by atoms with E-state index in [9.17, 15) is 20.2 Å². The van der Waals surface area contributed by atoms with Crippen LogP contribution in [0.1, 0.15) is 77.0 Å². The van der Waals surface area contributed by atoms with Crippen molar-refractivity contribution in [1.29, 1.82) is 0 Å². The van der Waals surface area contributed by atoms with Crippen LogP contribution in [-0.4, -0.2) is 15.5 Å². The molecule has 6 aliphatic rings. The molecule has 0 radical (unpaired) electrons. The minimum atomic E-state index is -1.83. The highest BCUT2D eigenvalue weighted by molar-refractivity contribution is 5.34. The minimum absolute atomic E-state index is 0.315. The topological polar surface area (TPSA) is 86.3 Å². The summed E-state index contributed by atoms with van der Waals surface area (Å²) < 4.78 is 0. The number of nitrogens with zero attached hydrogens (tertiary/aromatic N) is 2. The van der Waals surface area contributed by atoms with E-state index < -0.39 is 15.5 Å². The summed E-state index contributed by atoms with van der Waals surface area (Å²) in [5, 5.41) is 21.6. The summed E-state index contributed by atoms with van der Waals surface area (Å²) in [5.74, 6) is 3.70. The van der Waals surface area contributed by atoms with Gasteiger partial charge in [0.25, 0.3) is 0 Å². The Morgan fingerprint density at radius 2 is 0.815 bits per heavy atom. The fourth-order valence-electron chi connectivity index (χ4n) is 5.20. The average molecular weight is 374 g/mol. The zero-order chi connectivity index (χ0) is 18.8. The first kappa shape index (κ1) is 17.6. The standard InChI is InChI=1S/C14H20.C7H10N2O4/c1-2-9(1)13(10-3-4-10)14(11-5-6-11)12-7-8-12;10-8(11)7(9(12)13,5-1-2-5)6-3-4-6/h9-12H,1-8H2;5-6H,1-4H2. The molecule has 0 aliphatic heterocycles. The van der Waals surface area contributed by atoms with Crippen molar-refractivity contribution in [2.75, 3.05) is 0 Å². The van der Waals surface area contributed by atoms with Crippen LogP contribution in [0.5, 0.6) is 0 Å². The van der Waals surface area contributed by atoms with Gasteiger partial charge in [-0.3, -0.25) is 20.2 Å². The van der Waals surface area contributed by atoms with Crippen molar-refractivity contribution in [2.24, 2.45) is 35.5 Å². The van der Waals surface area contributed by atoms with Gasteiger partial charge >= 0.3 is 5.66 Å². The van der Waals surface area contributed by atoms with E-state index in [4.69, 9.17) is 0 Å². The lowest BCUT2D eigenvalue weighted by Gasteiger charge is -2.15. The van der Waals surface area contributed by atoms with Crippen LogP contribution in [0.3, 0.4) is 0 Å². The SMILES string of the molecule is C1CC1C(=C(C1CC1)C1CC1)C1CC1.O=[N+]([O-])C(C1CC1)(C1CC1)[N+](=O)[O-]. The molecule has 6 heteroatoms. The van der Waals surface area contributed by atoms with Crippen LogP contribution in [0.25, 0.3) is 0 Å². The second-order valence-electron chi connectivity index (χ2n) is 9.85. The van der Waals surface area contributed by atoms with Gasteiger partial charge in [0, 0.05) is 0 Å². The lowest BCUT2D eigenvalue weighted by atomic mass is 9.92. The fourth-order valence-corrected chi connectivity index (χ4v) is 5.20. The van der Waals surface area contributed by atoms with Crippen LogP contribution in [0.2, 0.25) is 0 Å². The van der Waals surface area contributed by atoms with Crippen molar-refractivity contribution in [1.82, 2.24) is 0 Å². The largest absolute Gasteiger partial charge is 0.463 e. The predicted molar refractivity (Wildman–Crippen MR) is 100 cm³/mol. The van der Waals surface area contributed by atoms with Crippen LogP contribution in [-0.2, 0) is 0 Å². The average Bonchev–Trinajstić information content (AvgIpc) is 3.47. The molecule has 0 N–H and O–H groups in total. The quantitative estimate of drug-likeness (QED) is 0.259. The highest BCUT2D eigenvalue weighted by Crippen LogP contribution is 2.58. The first-order valence-corrected chi connectivity index (χ1v) is 11.1. The molecule has 0 aromatic rings. The van der Waals surface area contributed by atoms with Crippen molar-refractivity contribution < 1.29 is 9.85 Å². The molecule has 27 heavy (non-hydrogen) atoms. The van der Waals surface area contributed by atoms with Crippen molar-refractivity contribution in [2.45, 2.75) is 82.7 Å². The summed E-state index contributed by atoms with van der Waals surface area (Å²) in [7, 11) is 0. The third-order valence-corrected chi connectivity index (χ3v) is 7.34. The second kappa shape index (κ2) is 6.28. The van der Waals surface area contributed by atoms with E-state index in [-0.39, 0.29) is 11.8 Å². The first-order chi connectivity index (χ1) is 13.0. The Labute approximate surface area is 160 Å². The normalized spacial score (nSPS) is 27.4. The van der Waals surface area contributed by atoms with Gasteiger partial charge in [0.1, 0.15) is 11.8 Å². The highest BCUT2D eigenvalue weighted by Gasteiger charge is 2.74. The van der Waals surface area contributed by atoms with Gasteiger partial charge in [-0.05, 0) is 101 Å². The third-order valence-electron chi connectivity index (χ3n) is 7.34. The molecule has 0 aromatic carbocycles. The maximum Gasteiger partial charge on any atom is 0.463 e. The smallest absolute Gasteiger partial charge is 0.258 e. The number of rotatable bonds is 8. The molecule has 148 valence electrons. The fraction of sp³-hybridized carbons (Fsp3) is 0.905. The first-order valence-electron chi connectivity index (χ1n) is 11.1. The zero-order valence-electron chi connectivity index (χ0n) is 16.0. The van der Waals surface area contributed by atoms with Crippen molar-refractivity contribution in [3.8, 4) is 0 Å². The van der Waals surface area contributed by atoms with Gasteiger partial charge in [-0.25, -0.2) is 0 Å². The molecule has 0 atom stereocenters. The molecule has 0 spiro atoms. The Balaban J connectivity index is 0.000000119. The molecule has 6 fully saturated rings. The summed E-state index contributed by atoms with van der Waals surface area (Å²) in [4.78, 5) is 20.3. The Morgan fingerprint density at radius 1 is 0.556 bits per heavy atom. The van der Waals surface area contributed by atoms with Crippen LogP contribution in [0.15, 0.2) is 11.1 Å². The second-order valence-corrected chi connectivity index (χ2v) is 9.85. The van der Waals surface area contributed by atoms with Crippen molar-refractivity contribution in [3.63, 3.8) is 0 Å². The molecule has 6 saturated carbocycles. The number of hydrogen-bond acceptors (Lipinski definition) is 4. The van der Waals surface area contributed by atoms with Crippen LogP contribution in [0.4, 0.5) is 0 Å².